The first-order valence-electron chi connectivity index (χ1n) is 4.37. The average molecular weight is 198 g/mol. The number of aryl methyl sites for hydroxylation is 1. The molecule has 0 aliphatic rings. The largest absolute Gasteiger partial charge is 0.394 e. The molecule has 0 radical (unpaired) electrons. The third-order valence-corrected chi connectivity index (χ3v) is 2.08. The van der Waals surface area contributed by atoms with Gasteiger partial charge in [-0.2, -0.15) is 0 Å². The number of aromatic nitrogens is 1. The van der Waals surface area contributed by atoms with Gasteiger partial charge in [0.1, 0.15) is 0 Å². The minimum absolute atomic E-state index is 0.0740. The van der Waals surface area contributed by atoms with Crippen molar-refractivity contribution < 1.29 is 14.4 Å². The monoisotopic (exact) mass is 198 g/mol. The maximum Gasteiger partial charge on any atom is 0.292 e. The van der Waals surface area contributed by atoms with Gasteiger partial charge in [-0.15, -0.1) is 0 Å². The van der Waals surface area contributed by atoms with Crippen LogP contribution in [0.15, 0.2) is 10.6 Å². The molecule has 1 amide bonds. The predicted molar refractivity (Wildman–Crippen MR) is 49.9 cm³/mol. The molecular weight excluding hydrogens is 184 g/mol. The number of likely N-dealkylation sites (N-methyl/N-ethyl adjacent to an activating group) is 1. The molecule has 0 fully saturated rings. The Kier molecular flexibility index (Phi) is 3.24. The second-order valence-corrected chi connectivity index (χ2v) is 3.28. The lowest BCUT2D eigenvalue weighted by Crippen LogP contribution is -2.37. The number of hydrogen-bond donors (Lipinski definition) is 1. The lowest BCUT2D eigenvalue weighted by Gasteiger charge is -2.21. The highest BCUT2D eigenvalue weighted by atomic mass is 16.5. The van der Waals surface area contributed by atoms with E-state index in [1.807, 2.05) is 0 Å². The van der Waals surface area contributed by atoms with Crippen molar-refractivity contribution in [2.45, 2.75) is 19.9 Å². The van der Waals surface area contributed by atoms with Gasteiger partial charge in [0.05, 0.1) is 18.3 Å². The third-order valence-electron chi connectivity index (χ3n) is 2.08. The Labute approximate surface area is 82.3 Å². The van der Waals surface area contributed by atoms with Gasteiger partial charge in [0.2, 0.25) is 5.76 Å². The number of nitrogens with zero attached hydrogens (tertiary/aromatic N) is 2. The summed E-state index contributed by atoms with van der Waals surface area (Å²) in [7, 11) is 1.61. The smallest absolute Gasteiger partial charge is 0.292 e. The van der Waals surface area contributed by atoms with Crippen LogP contribution < -0.4 is 0 Å². The van der Waals surface area contributed by atoms with Crippen molar-refractivity contribution in [3.05, 3.63) is 17.5 Å². The fraction of sp³-hybridized carbons (Fsp3) is 0.556. The van der Waals surface area contributed by atoms with Crippen LogP contribution in [0, 0.1) is 6.92 Å². The van der Waals surface area contributed by atoms with Crippen molar-refractivity contribution in [1.82, 2.24) is 10.1 Å². The first kappa shape index (κ1) is 10.7. The fourth-order valence-electron chi connectivity index (χ4n) is 0.961. The van der Waals surface area contributed by atoms with Crippen LogP contribution in [0.4, 0.5) is 0 Å². The van der Waals surface area contributed by atoms with Gasteiger partial charge in [0.25, 0.3) is 5.91 Å². The lowest BCUT2D eigenvalue weighted by molar-refractivity contribution is 0.0641. The highest BCUT2D eigenvalue weighted by Crippen LogP contribution is 2.07. The summed E-state index contributed by atoms with van der Waals surface area (Å²) in [6, 6.07) is 1.34. The molecule has 78 valence electrons. The van der Waals surface area contributed by atoms with E-state index in [0.717, 1.165) is 0 Å². The average Bonchev–Trinajstić information content (AvgIpc) is 2.61. The molecule has 0 bridgehead atoms. The molecule has 1 N–H and O–H groups in total. The predicted octanol–water partition coefficient (Wildman–Crippen LogP) is 0.436. The summed E-state index contributed by atoms with van der Waals surface area (Å²) in [5, 5.41) is 12.5. The zero-order valence-corrected chi connectivity index (χ0v) is 8.52. The van der Waals surface area contributed by atoms with Gasteiger partial charge in [-0.1, -0.05) is 5.16 Å². The lowest BCUT2D eigenvalue weighted by atomic mass is 10.3. The van der Waals surface area contributed by atoms with Crippen molar-refractivity contribution in [2.24, 2.45) is 0 Å². The highest BCUT2D eigenvalue weighted by molar-refractivity contribution is 5.91. The molecule has 0 aromatic carbocycles. The summed E-state index contributed by atoms with van der Waals surface area (Å²) < 4.78 is 4.82. The van der Waals surface area contributed by atoms with Gasteiger partial charge in [-0.05, 0) is 13.8 Å². The molecule has 0 saturated heterocycles. The number of amides is 1. The van der Waals surface area contributed by atoms with Crippen molar-refractivity contribution in [3.8, 4) is 0 Å². The molecule has 1 heterocycles. The maximum atomic E-state index is 11.6. The van der Waals surface area contributed by atoms with Gasteiger partial charge >= 0.3 is 0 Å². The molecule has 0 aliphatic carbocycles. The second-order valence-electron chi connectivity index (χ2n) is 3.28. The van der Waals surface area contributed by atoms with E-state index < -0.39 is 0 Å². The van der Waals surface area contributed by atoms with E-state index in [1.54, 1.807) is 27.0 Å². The Morgan fingerprint density at radius 3 is 2.86 bits per heavy atom. The van der Waals surface area contributed by atoms with Crippen molar-refractivity contribution >= 4 is 5.91 Å². The Balaban J connectivity index is 2.75. The highest BCUT2D eigenvalue weighted by Gasteiger charge is 2.20. The van der Waals surface area contributed by atoms with Crippen LogP contribution in [0.25, 0.3) is 0 Å². The van der Waals surface area contributed by atoms with Crippen LogP contribution in [-0.2, 0) is 0 Å². The molecule has 1 aromatic rings. The number of hydrogen-bond acceptors (Lipinski definition) is 4. The van der Waals surface area contributed by atoms with Crippen molar-refractivity contribution in [3.63, 3.8) is 0 Å². The van der Waals surface area contributed by atoms with E-state index in [9.17, 15) is 4.79 Å². The number of carbonyl (C=O) groups excluding carboxylic acids is 1. The third kappa shape index (κ3) is 2.11. The molecule has 5 heteroatoms. The van der Waals surface area contributed by atoms with E-state index >= 15 is 0 Å². The van der Waals surface area contributed by atoms with Gasteiger partial charge in [0, 0.05) is 13.1 Å². The summed E-state index contributed by atoms with van der Waals surface area (Å²) in [6.07, 6.45) is 0. The molecular formula is C9H14N2O3. The van der Waals surface area contributed by atoms with Gasteiger partial charge < -0.3 is 14.5 Å². The first-order chi connectivity index (χ1) is 6.56. The van der Waals surface area contributed by atoms with Crippen LogP contribution in [0.1, 0.15) is 23.2 Å². The van der Waals surface area contributed by atoms with Crippen LogP contribution in [0.3, 0.4) is 0 Å². The number of aliphatic hydroxyl groups is 1. The molecule has 1 unspecified atom stereocenters. The summed E-state index contributed by atoms with van der Waals surface area (Å²) >= 11 is 0. The van der Waals surface area contributed by atoms with E-state index in [1.165, 1.54) is 4.90 Å². The quantitative estimate of drug-likeness (QED) is 0.765. The molecule has 0 saturated carbocycles. The zero-order valence-electron chi connectivity index (χ0n) is 8.52. The molecule has 5 nitrogen and oxygen atoms in total. The SMILES string of the molecule is Cc1cc(C(=O)N(C)C(C)CO)on1. The van der Waals surface area contributed by atoms with Crippen molar-refractivity contribution in [2.75, 3.05) is 13.7 Å². The maximum absolute atomic E-state index is 11.6. The van der Waals surface area contributed by atoms with E-state index in [-0.39, 0.29) is 24.3 Å². The van der Waals surface area contributed by atoms with Crippen LogP contribution >= 0.6 is 0 Å². The minimum atomic E-state index is -0.271. The summed E-state index contributed by atoms with van der Waals surface area (Å²) in [4.78, 5) is 13.1. The molecule has 1 rings (SSSR count). The summed E-state index contributed by atoms with van der Waals surface area (Å²) in [5.74, 6) is -0.0718. The molecule has 0 aliphatic heterocycles. The summed E-state index contributed by atoms with van der Waals surface area (Å²) in [5.41, 5.74) is 0.665. The van der Waals surface area contributed by atoms with E-state index in [2.05, 4.69) is 5.16 Å². The van der Waals surface area contributed by atoms with E-state index in [4.69, 9.17) is 9.63 Å². The van der Waals surface area contributed by atoms with Crippen LogP contribution in [-0.4, -0.2) is 40.8 Å². The topological polar surface area (TPSA) is 66.6 Å². The first-order valence-corrected chi connectivity index (χ1v) is 4.37. The fourth-order valence-corrected chi connectivity index (χ4v) is 0.961. The molecule has 14 heavy (non-hydrogen) atoms. The minimum Gasteiger partial charge on any atom is -0.394 e. The van der Waals surface area contributed by atoms with E-state index in [0.29, 0.717) is 5.69 Å². The summed E-state index contributed by atoms with van der Waals surface area (Å²) in [6.45, 7) is 3.42. The molecule has 1 aromatic heterocycles. The molecule has 0 spiro atoms. The van der Waals surface area contributed by atoms with Crippen LogP contribution in [0.2, 0.25) is 0 Å². The number of aliphatic hydroxyl groups excluding tert-OH is 1. The zero-order chi connectivity index (χ0) is 10.7. The van der Waals surface area contributed by atoms with Gasteiger partial charge in [0.15, 0.2) is 0 Å². The van der Waals surface area contributed by atoms with Gasteiger partial charge in [-0.25, -0.2) is 0 Å². The standard InChI is InChI=1S/C9H14N2O3/c1-6-4-8(14-10-6)9(13)11(3)7(2)5-12/h4,7,12H,5H2,1-3H3. The Hall–Kier alpha value is -1.36. The van der Waals surface area contributed by atoms with Crippen LogP contribution in [0.5, 0.6) is 0 Å². The van der Waals surface area contributed by atoms with Crippen molar-refractivity contribution in [1.29, 1.82) is 0 Å². The van der Waals surface area contributed by atoms with Gasteiger partial charge in [-0.3, -0.25) is 4.79 Å². The Morgan fingerprint density at radius 2 is 2.43 bits per heavy atom. The molecule has 1 atom stereocenters. The Bertz CT molecular complexity index is 322. The number of carbonyl (C=O) groups is 1. The second kappa shape index (κ2) is 4.23. The number of rotatable bonds is 3. The Morgan fingerprint density at radius 1 is 1.79 bits per heavy atom. The normalized spacial score (nSPS) is 12.6.